The van der Waals surface area contributed by atoms with Gasteiger partial charge < -0.3 is 15.0 Å². The minimum atomic E-state index is -4.82. The molecule has 0 amide bonds. The molecule has 1 saturated heterocycles. The van der Waals surface area contributed by atoms with Gasteiger partial charge >= 0.3 is 6.36 Å². The number of alkyl halides is 3. The lowest BCUT2D eigenvalue weighted by atomic mass is 10.3. The van der Waals surface area contributed by atoms with E-state index in [2.05, 4.69) is 10.1 Å². The molecule has 24 heavy (non-hydrogen) atoms. The number of benzene rings is 1. The predicted octanol–water partition coefficient (Wildman–Crippen LogP) is 1.40. The molecular weight excluding hydrogens is 367 g/mol. The van der Waals surface area contributed by atoms with E-state index in [4.69, 9.17) is 12.2 Å². The monoisotopic (exact) mass is 383 g/mol. The highest BCUT2D eigenvalue weighted by atomic mass is 32.2. The van der Waals surface area contributed by atoms with Gasteiger partial charge in [0.1, 0.15) is 5.75 Å². The van der Waals surface area contributed by atoms with Crippen molar-refractivity contribution < 1.29 is 26.3 Å². The topological polar surface area (TPSA) is 61.9 Å². The van der Waals surface area contributed by atoms with Crippen molar-refractivity contribution in [2.45, 2.75) is 11.3 Å². The van der Waals surface area contributed by atoms with E-state index in [0.29, 0.717) is 18.2 Å². The van der Waals surface area contributed by atoms with Gasteiger partial charge in [0.05, 0.1) is 4.90 Å². The maximum atomic E-state index is 12.5. The van der Waals surface area contributed by atoms with Crippen LogP contribution in [-0.4, -0.2) is 62.3 Å². The number of nitrogens with one attached hydrogen (secondary N) is 1. The smallest absolute Gasteiger partial charge is 0.406 e. The van der Waals surface area contributed by atoms with Crippen LogP contribution in [0.25, 0.3) is 0 Å². The molecule has 11 heteroatoms. The van der Waals surface area contributed by atoms with E-state index in [9.17, 15) is 21.6 Å². The zero-order valence-electron chi connectivity index (χ0n) is 12.7. The Bertz CT molecular complexity index is 685. The Balaban J connectivity index is 2.07. The van der Waals surface area contributed by atoms with Gasteiger partial charge in [-0.15, -0.1) is 13.2 Å². The maximum absolute atomic E-state index is 12.5. The minimum absolute atomic E-state index is 0.0818. The molecule has 1 aliphatic heterocycles. The summed E-state index contributed by atoms with van der Waals surface area (Å²) in [4.78, 5) is 1.77. The second kappa shape index (κ2) is 7.11. The summed E-state index contributed by atoms with van der Waals surface area (Å²) in [7, 11) is -2.08. The number of halogens is 3. The molecule has 0 radical (unpaired) electrons. The van der Waals surface area contributed by atoms with Crippen LogP contribution < -0.4 is 10.1 Å². The van der Waals surface area contributed by atoms with E-state index < -0.39 is 22.1 Å². The standard InChI is InChI=1S/C13H16F3N3O3S2/c1-17-12(23)18-6-8-19(9-7-18)24(20,21)11-4-2-10(3-5-11)22-13(14,15)16/h2-5H,6-9H2,1H3,(H,17,23). The van der Waals surface area contributed by atoms with Crippen LogP contribution in [0.4, 0.5) is 13.2 Å². The van der Waals surface area contributed by atoms with Crippen molar-refractivity contribution in [3.05, 3.63) is 24.3 Å². The van der Waals surface area contributed by atoms with Gasteiger partial charge in [-0.2, -0.15) is 4.31 Å². The number of hydrogen-bond acceptors (Lipinski definition) is 4. The van der Waals surface area contributed by atoms with Crippen LogP contribution in [0.15, 0.2) is 29.2 Å². The Morgan fingerprint density at radius 2 is 1.71 bits per heavy atom. The number of sulfonamides is 1. The fourth-order valence-corrected chi connectivity index (χ4v) is 3.86. The van der Waals surface area contributed by atoms with Gasteiger partial charge in [-0.1, -0.05) is 0 Å². The summed E-state index contributed by atoms with van der Waals surface area (Å²) in [5.74, 6) is -0.467. The Hall–Kier alpha value is -1.59. The molecule has 0 atom stereocenters. The molecule has 0 aliphatic carbocycles. The molecule has 0 bridgehead atoms. The average molecular weight is 383 g/mol. The third kappa shape index (κ3) is 4.48. The maximum Gasteiger partial charge on any atom is 0.573 e. The number of ether oxygens (including phenoxy) is 1. The average Bonchev–Trinajstić information content (AvgIpc) is 2.53. The summed E-state index contributed by atoms with van der Waals surface area (Å²) in [6.07, 6.45) is -4.82. The fourth-order valence-electron chi connectivity index (χ4n) is 2.25. The van der Waals surface area contributed by atoms with Crippen LogP contribution >= 0.6 is 12.2 Å². The molecule has 6 nitrogen and oxygen atoms in total. The van der Waals surface area contributed by atoms with Gasteiger partial charge in [-0.3, -0.25) is 0 Å². The summed E-state index contributed by atoms with van der Waals surface area (Å²) >= 11 is 5.10. The van der Waals surface area contributed by atoms with Gasteiger partial charge in [-0.25, -0.2) is 8.42 Å². The normalized spacial score (nSPS) is 16.8. The first kappa shape index (κ1) is 18.7. The number of thiocarbonyl (C=S) groups is 1. The van der Waals surface area contributed by atoms with E-state index in [1.165, 1.54) is 4.31 Å². The van der Waals surface area contributed by atoms with Crippen LogP contribution in [-0.2, 0) is 10.0 Å². The van der Waals surface area contributed by atoms with Crippen LogP contribution in [0.2, 0.25) is 0 Å². The van der Waals surface area contributed by atoms with E-state index in [-0.39, 0.29) is 18.0 Å². The molecule has 1 aromatic rings. The second-order valence-corrected chi connectivity index (χ2v) is 7.29. The zero-order valence-corrected chi connectivity index (χ0v) is 14.3. The molecule has 1 N–H and O–H groups in total. The Kier molecular flexibility index (Phi) is 5.56. The summed E-state index contributed by atoms with van der Waals surface area (Å²) in [5, 5.41) is 3.37. The molecule has 1 aliphatic rings. The minimum Gasteiger partial charge on any atom is -0.406 e. The Morgan fingerprint density at radius 3 is 2.17 bits per heavy atom. The lowest BCUT2D eigenvalue weighted by Crippen LogP contribution is -2.52. The lowest BCUT2D eigenvalue weighted by Gasteiger charge is -2.35. The van der Waals surface area contributed by atoms with E-state index >= 15 is 0 Å². The first-order chi connectivity index (χ1) is 11.1. The number of nitrogens with zero attached hydrogens (tertiary/aromatic N) is 2. The fraction of sp³-hybridized carbons (Fsp3) is 0.462. The molecule has 0 aromatic heterocycles. The van der Waals surface area contributed by atoms with Crippen LogP contribution in [0.1, 0.15) is 0 Å². The first-order valence-electron chi connectivity index (χ1n) is 6.96. The van der Waals surface area contributed by atoms with Crippen molar-refractivity contribution in [1.29, 1.82) is 0 Å². The zero-order chi connectivity index (χ0) is 18.0. The molecule has 0 unspecified atom stereocenters. The van der Waals surface area contributed by atoms with E-state index in [1.54, 1.807) is 7.05 Å². The molecule has 134 valence electrons. The van der Waals surface area contributed by atoms with Crippen molar-refractivity contribution in [3.63, 3.8) is 0 Å². The van der Waals surface area contributed by atoms with Gasteiger partial charge in [0.15, 0.2) is 5.11 Å². The number of rotatable bonds is 3. The van der Waals surface area contributed by atoms with Crippen molar-refractivity contribution >= 4 is 27.4 Å². The quantitative estimate of drug-likeness (QED) is 0.797. The third-order valence-corrected chi connectivity index (χ3v) is 5.81. The molecule has 1 heterocycles. The van der Waals surface area contributed by atoms with Gasteiger partial charge in [0.2, 0.25) is 10.0 Å². The summed E-state index contributed by atoms with van der Waals surface area (Å²) in [6.45, 7) is 1.36. The van der Waals surface area contributed by atoms with Crippen LogP contribution in [0.5, 0.6) is 5.75 Å². The van der Waals surface area contributed by atoms with Gasteiger partial charge in [0, 0.05) is 33.2 Å². The number of hydrogen-bond donors (Lipinski definition) is 1. The third-order valence-electron chi connectivity index (χ3n) is 3.43. The summed E-state index contributed by atoms with van der Waals surface area (Å²) < 4.78 is 66.4. The summed E-state index contributed by atoms with van der Waals surface area (Å²) in [6, 6.07) is 4.15. The molecule has 1 aromatic carbocycles. The molecule has 1 fully saturated rings. The van der Waals surface area contributed by atoms with Gasteiger partial charge in [0.25, 0.3) is 0 Å². The van der Waals surface area contributed by atoms with E-state index in [1.807, 2.05) is 4.90 Å². The van der Waals surface area contributed by atoms with Crippen molar-refractivity contribution in [2.24, 2.45) is 0 Å². The molecule has 0 saturated carbocycles. The second-order valence-electron chi connectivity index (χ2n) is 4.97. The highest BCUT2D eigenvalue weighted by molar-refractivity contribution is 7.89. The van der Waals surface area contributed by atoms with Gasteiger partial charge in [-0.05, 0) is 36.5 Å². The Labute approximate surface area is 143 Å². The lowest BCUT2D eigenvalue weighted by molar-refractivity contribution is -0.274. The molecule has 2 rings (SSSR count). The Morgan fingerprint density at radius 1 is 1.17 bits per heavy atom. The SMILES string of the molecule is CNC(=S)N1CCN(S(=O)(=O)c2ccc(OC(F)(F)F)cc2)CC1. The van der Waals surface area contributed by atoms with E-state index in [0.717, 1.165) is 24.3 Å². The molecule has 0 spiro atoms. The predicted molar refractivity (Wildman–Crippen MR) is 85.1 cm³/mol. The first-order valence-corrected chi connectivity index (χ1v) is 8.81. The number of piperazine rings is 1. The van der Waals surface area contributed by atoms with Crippen LogP contribution in [0.3, 0.4) is 0 Å². The van der Waals surface area contributed by atoms with Crippen molar-refractivity contribution in [3.8, 4) is 5.75 Å². The van der Waals surface area contributed by atoms with Crippen molar-refractivity contribution in [1.82, 2.24) is 14.5 Å². The van der Waals surface area contributed by atoms with Crippen LogP contribution in [0, 0.1) is 0 Å². The molecular formula is C13H16F3N3O3S2. The van der Waals surface area contributed by atoms with Crippen molar-refractivity contribution in [2.75, 3.05) is 33.2 Å². The highest BCUT2D eigenvalue weighted by Crippen LogP contribution is 2.25. The summed E-state index contributed by atoms with van der Waals surface area (Å²) in [5.41, 5.74) is 0. The highest BCUT2D eigenvalue weighted by Gasteiger charge is 2.32. The largest absolute Gasteiger partial charge is 0.573 e.